The van der Waals surface area contributed by atoms with E-state index in [0.29, 0.717) is 17.1 Å². The van der Waals surface area contributed by atoms with E-state index in [4.69, 9.17) is 4.74 Å². The summed E-state index contributed by atoms with van der Waals surface area (Å²) >= 11 is 0. The number of para-hydroxylation sites is 1. The number of likely N-dealkylation sites (N-methyl/N-ethyl adjacent to an activating group) is 1. The predicted octanol–water partition coefficient (Wildman–Crippen LogP) is 2.86. The zero-order valence-corrected chi connectivity index (χ0v) is 17.8. The Morgan fingerprint density at radius 3 is 2.68 bits per heavy atom. The summed E-state index contributed by atoms with van der Waals surface area (Å²) in [6.45, 7) is 1.92. The summed E-state index contributed by atoms with van der Waals surface area (Å²) in [6.07, 6.45) is 2.67. The lowest BCUT2D eigenvalue weighted by molar-refractivity contribution is 0.312. The second-order valence-corrected chi connectivity index (χ2v) is 7.85. The van der Waals surface area contributed by atoms with Crippen LogP contribution in [0.1, 0.15) is 11.1 Å². The second kappa shape index (κ2) is 7.55. The lowest BCUT2D eigenvalue weighted by Gasteiger charge is -2.26. The molecule has 0 spiro atoms. The molecular formula is C23H24N6O2. The number of benzene rings is 2. The van der Waals surface area contributed by atoms with E-state index in [-0.39, 0.29) is 5.69 Å². The molecule has 8 heteroatoms. The van der Waals surface area contributed by atoms with Gasteiger partial charge in [0.15, 0.2) is 5.65 Å². The number of aromatic nitrogens is 4. The third-order valence-electron chi connectivity index (χ3n) is 5.79. The number of nitrogens with zero attached hydrogens (tertiary/aromatic N) is 5. The summed E-state index contributed by atoms with van der Waals surface area (Å²) in [7, 11) is 5.51. The fraction of sp³-hybridized carbons (Fsp3) is 0.261. The number of methoxy groups -OCH3 is 1. The lowest BCUT2D eigenvalue weighted by atomic mass is 9.99. The SMILES string of the molecule is COc1cc2c(cc1Nc1ncc3c(n1)n(-c1ccccc1)c(=O)n3C)CN(C)CC2. The monoisotopic (exact) mass is 416 g/mol. The molecule has 0 unspecified atom stereocenters. The van der Waals surface area contributed by atoms with E-state index in [1.807, 2.05) is 30.3 Å². The average Bonchev–Trinajstić information content (AvgIpc) is 3.03. The van der Waals surface area contributed by atoms with Crippen molar-refractivity contribution >= 4 is 22.8 Å². The van der Waals surface area contributed by atoms with Gasteiger partial charge in [-0.3, -0.25) is 4.57 Å². The van der Waals surface area contributed by atoms with Crippen LogP contribution in [0.3, 0.4) is 0 Å². The molecule has 2 aromatic carbocycles. The van der Waals surface area contributed by atoms with Crippen LogP contribution in [0.25, 0.3) is 16.9 Å². The Hall–Kier alpha value is -3.65. The van der Waals surface area contributed by atoms with Crippen molar-refractivity contribution in [2.45, 2.75) is 13.0 Å². The maximum atomic E-state index is 12.9. The molecule has 8 nitrogen and oxygen atoms in total. The number of rotatable bonds is 4. The van der Waals surface area contributed by atoms with Gasteiger partial charge in [-0.2, -0.15) is 4.98 Å². The summed E-state index contributed by atoms with van der Waals surface area (Å²) in [5.74, 6) is 1.16. The van der Waals surface area contributed by atoms with Gasteiger partial charge in [-0.05, 0) is 48.9 Å². The van der Waals surface area contributed by atoms with Crippen LogP contribution in [-0.4, -0.2) is 44.7 Å². The number of aryl methyl sites for hydroxylation is 1. The van der Waals surface area contributed by atoms with Crippen molar-refractivity contribution in [3.05, 3.63) is 70.3 Å². The Kier molecular flexibility index (Phi) is 4.71. The number of hydrogen-bond donors (Lipinski definition) is 1. The molecule has 5 rings (SSSR count). The van der Waals surface area contributed by atoms with Crippen molar-refractivity contribution in [3.63, 3.8) is 0 Å². The Morgan fingerprint density at radius 1 is 1.10 bits per heavy atom. The first-order valence-electron chi connectivity index (χ1n) is 10.2. The largest absolute Gasteiger partial charge is 0.495 e. The number of imidazole rings is 1. The van der Waals surface area contributed by atoms with Crippen molar-refractivity contribution in [1.29, 1.82) is 0 Å². The summed E-state index contributed by atoms with van der Waals surface area (Å²) in [6, 6.07) is 13.7. The van der Waals surface area contributed by atoms with Gasteiger partial charge in [-0.1, -0.05) is 18.2 Å². The Bertz CT molecular complexity index is 1330. The fourth-order valence-electron chi connectivity index (χ4n) is 4.10. The van der Waals surface area contributed by atoms with Crippen LogP contribution in [0.15, 0.2) is 53.5 Å². The number of fused-ring (bicyclic) bond motifs is 2. The van der Waals surface area contributed by atoms with E-state index >= 15 is 0 Å². The van der Waals surface area contributed by atoms with Gasteiger partial charge in [0, 0.05) is 20.1 Å². The zero-order chi connectivity index (χ0) is 21.5. The molecule has 2 aromatic heterocycles. The molecule has 0 fully saturated rings. The predicted molar refractivity (Wildman–Crippen MR) is 120 cm³/mol. The molecule has 31 heavy (non-hydrogen) atoms. The summed E-state index contributed by atoms with van der Waals surface area (Å²) in [4.78, 5) is 24.3. The quantitative estimate of drug-likeness (QED) is 0.551. The van der Waals surface area contributed by atoms with Crippen LogP contribution >= 0.6 is 0 Å². The minimum absolute atomic E-state index is 0.165. The van der Waals surface area contributed by atoms with E-state index < -0.39 is 0 Å². The second-order valence-electron chi connectivity index (χ2n) is 7.85. The van der Waals surface area contributed by atoms with Gasteiger partial charge >= 0.3 is 5.69 Å². The average molecular weight is 416 g/mol. The topological polar surface area (TPSA) is 77.2 Å². The molecule has 0 amide bonds. The highest BCUT2D eigenvalue weighted by Crippen LogP contribution is 2.33. The third kappa shape index (κ3) is 3.34. The normalized spacial score (nSPS) is 13.9. The molecule has 0 saturated carbocycles. The standard InChI is InChI=1S/C23H24N6O2/c1-27-10-9-15-12-20(31-3)18(11-16(15)14-27)25-22-24-13-19-21(26-22)29(23(30)28(19)2)17-7-5-4-6-8-17/h4-8,11-13H,9-10,14H2,1-3H3,(H,24,25,26). The Labute approximate surface area is 179 Å². The molecule has 0 radical (unpaired) electrons. The van der Waals surface area contributed by atoms with E-state index in [0.717, 1.165) is 36.6 Å². The number of anilines is 2. The Morgan fingerprint density at radius 2 is 1.90 bits per heavy atom. The van der Waals surface area contributed by atoms with E-state index in [1.54, 1.807) is 29.5 Å². The minimum Gasteiger partial charge on any atom is -0.495 e. The van der Waals surface area contributed by atoms with Crippen molar-refractivity contribution in [1.82, 2.24) is 24.0 Å². The van der Waals surface area contributed by atoms with Gasteiger partial charge < -0.3 is 15.0 Å². The highest BCUT2D eigenvalue weighted by molar-refractivity contribution is 5.75. The van der Waals surface area contributed by atoms with E-state index in [9.17, 15) is 4.79 Å². The van der Waals surface area contributed by atoms with Gasteiger partial charge in [0.2, 0.25) is 5.95 Å². The van der Waals surface area contributed by atoms with Crippen LogP contribution < -0.4 is 15.7 Å². The Balaban J connectivity index is 1.59. The highest BCUT2D eigenvalue weighted by Gasteiger charge is 2.19. The van der Waals surface area contributed by atoms with Gasteiger partial charge in [0.25, 0.3) is 0 Å². The summed E-state index contributed by atoms with van der Waals surface area (Å²) in [5, 5.41) is 3.30. The zero-order valence-electron chi connectivity index (χ0n) is 17.8. The molecule has 0 atom stereocenters. The molecule has 0 saturated heterocycles. The van der Waals surface area contributed by atoms with Crippen molar-refractivity contribution < 1.29 is 4.74 Å². The number of hydrogen-bond acceptors (Lipinski definition) is 6. The molecule has 4 aromatic rings. The third-order valence-corrected chi connectivity index (χ3v) is 5.79. The highest BCUT2D eigenvalue weighted by atomic mass is 16.5. The van der Waals surface area contributed by atoms with Crippen LogP contribution in [0.5, 0.6) is 5.75 Å². The minimum atomic E-state index is -0.165. The van der Waals surface area contributed by atoms with Gasteiger partial charge in [-0.25, -0.2) is 14.3 Å². The van der Waals surface area contributed by atoms with Crippen LogP contribution in [-0.2, 0) is 20.0 Å². The molecular weight excluding hydrogens is 392 g/mol. The van der Waals surface area contributed by atoms with Gasteiger partial charge in [0.1, 0.15) is 11.3 Å². The van der Waals surface area contributed by atoms with E-state index in [1.165, 1.54) is 11.1 Å². The van der Waals surface area contributed by atoms with Gasteiger partial charge in [-0.15, -0.1) is 0 Å². The van der Waals surface area contributed by atoms with Crippen molar-refractivity contribution in [2.24, 2.45) is 7.05 Å². The van der Waals surface area contributed by atoms with Gasteiger partial charge in [0.05, 0.1) is 24.7 Å². The molecule has 158 valence electrons. The first kappa shape index (κ1) is 19.3. The van der Waals surface area contributed by atoms with Crippen molar-refractivity contribution in [2.75, 3.05) is 26.0 Å². The molecule has 1 aliphatic heterocycles. The summed E-state index contributed by atoms with van der Waals surface area (Å²) in [5.41, 5.74) is 5.18. The molecule has 0 bridgehead atoms. The smallest absolute Gasteiger partial charge is 0.334 e. The molecule has 1 N–H and O–H groups in total. The molecule has 3 heterocycles. The van der Waals surface area contributed by atoms with Crippen LogP contribution in [0.2, 0.25) is 0 Å². The maximum absolute atomic E-state index is 12.9. The lowest BCUT2D eigenvalue weighted by Crippen LogP contribution is -2.26. The number of nitrogens with one attached hydrogen (secondary N) is 1. The van der Waals surface area contributed by atoms with Crippen LogP contribution in [0.4, 0.5) is 11.6 Å². The van der Waals surface area contributed by atoms with Crippen LogP contribution in [0, 0.1) is 0 Å². The first-order chi connectivity index (χ1) is 15.0. The summed E-state index contributed by atoms with van der Waals surface area (Å²) < 4.78 is 8.78. The van der Waals surface area contributed by atoms with E-state index in [2.05, 4.69) is 39.4 Å². The number of ether oxygens (including phenoxy) is 1. The fourth-order valence-corrected chi connectivity index (χ4v) is 4.10. The molecule has 0 aliphatic carbocycles. The molecule has 1 aliphatic rings. The first-order valence-corrected chi connectivity index (χ1v) is 10.2. The maximum Gasteiger partial charge on any atom is 0.334 e. The van der Waals surface area contributed by atoms with Crippen molar-refractivity contribution in [3.8, 4) is 11.4 Å².